The summed E-state index contributed by atoms with van der Waals surface area (Å²) in [6.45, 7) is 17.4. The van der Waals surface area contributed by atoms with Gasteiger partial charge in [-0.2, -0.15) is 0 Å². The van der Waals surface area contributed by atoms with Gasteiger partial charge in [0, 0.05) is 63.2 Å². The average molecular weight is 409 g/mol. The summed E-state index contributed by atoms with van der Waals surface area (Å²) in [5.41, 5.74) is 0. The van der Waals surface area contributed by atoms with Gasteiger partial charge in [-0.3, -0.25) is 14.6 Å². The molecule has 0 aromatic heterocycles. The number of likely N-dealkylation sites (tertiary alicyclic amines) is 1. The number of ketones is 1. The normalized spacial score (nSPS) is 25.6. The summed E-state index contributed by atoms with van der Waals surface area (Å²) in [6.07, 6.45) is 4.45. The van der Waals surface area contributed by atoms with Crippen LogP contribution in [0.25, 0.3) is 0 Å². The van der Waals surface area contributed by atoms with E-state index in [1.807, 2.05) is 4.90 Å². The molecule has 3 atom stereocenters. The van der Waals surface area contributed by atoms with Crippen molar-refractivity contribution in [3.63, 3.8) is 0 Å². The molecular formula is C23H44N4O2. The quantitative estimate of drug-likeness (QED) is 0.636. The summed E-state index contributed by atoms with van der Waals surface area (Å²) in [5.74, 6) is 0.793. The van der Waals surface area contributed by atoms with Crippen LogP contribution < -0.4 is 5.32 Å². The zero-order chi connectivity index (χ0) is 21.6. The smallest absolute Gasteiger partial charge is 0.317 e. The van der Waals surface area contributed by atoms with Gasteiger partial charge in [-0.15, -0.1) is 0 Å². The largest absolute Gasteiger partial charge is 0.334 e. The second kappa shape index (κ2) is 11.3. The lowest BCUT2D eigenvalue weighted by molar-refractivity contribution is -0.124. The first kappa shape index (κ1) is 24.1. The van der Waals surface area contributed by atoms with E-state index in [0.717, 1.165) is 51.9 Å². The second-order valence-corrected chi connectivity index (χ2v) is 9.49. The molecule has 6 nitrogen and oxygen atoms in total. The molecule has 0 spiro atoms. The summed E-state index contributed by atoms with van der Waals surface area (Å²) in [5, 5.41) is 3.30. The number of Topliss-reactive ketones (excluding diaryl/α,β-unsaturated/α-hetero) is 1. The Morgan fingerprint density at radius 2 is 1.86 bits per heavy atom. The second-order valence-electron chi connectivity index (χ2n) is 9.49. The lowest BCUT2D eigenvalue weighted by Crippen LogP contribution is -2.59. The first-order valence-electron chi connectivity index (χ1n) is 11.8. The Bertz CT molecular complexity index is 529. The molecule has 2 aliphatic rings. The Labute approximate surface area is 178 Å². The Kier molecular flexibility index (Phi) is 9.41. The molecule has 2 rings (SSSR count). The van der Waals surface area contributed by atoms with E-state index < -0.39 is 0 Å². The molecule has 0 aromatic rings. The number of urea groups is 1. The molecule has 1 N–H and O–H groups in total. The maximum Gasteiger partial charge on any atom is 0.317 e. The van der Waals surface area contributed by atoms with E-state index in [-0.39, 0.29) is 12.1 Å². The van der Waals surface area contributed by atoms with E-state index >= 15 is 0 Å². The van der Waals surface area contributed by atoms with Crippen molar-refractivity contribution in [2.45, 2.75) is 97.8 Å². The summed E-state index contributed by atoms with van der Waals surface area (Å²) in [7, 11) is 0. The molecule has 1 saturated heterocycles. The van der Waals surface area contributed by atoms with Gasteiger partial charge >= 0.3 is 6.03 Å². The van der Waals surface area contributed by atoms with Crippen molar-refractivity contribution < 1.29 is 9.59 Å². The minimum absolute atomic E-state index is 0.0435. The van der Waals surface area contributed by atoms with Crippen LogP contribution in [0.2, 0.25) is 0 Å². The molecular weight excluding hydrogens is 364 g/mol. The van der Waals surface area contributed by atoms with Gasteiger partial charge in [-0.05, 0) is 66.3 Å². The van der Waals surface area contributed by atoms with E-state index in [1.165, 1.54) is 0 Å². The molecule has 1 heterocycles. The number of hydrogen-bond donors (Lipinski definition) is 1. The van der Waals surface area contributed by atoms with Crippen molar-refractivity contribution in [2.75, 3.05) is 32.7 Å². The van der Waals surface area contributed by atoms with Crippen LogP contribution in [0.4, 0.5) is 4.79 Å². The van der Waals surface area contributed by atoms with Gasteiger partial charge in [0.2, 0.25) is 0 Å². The number of nitrogens with zero attached hydrogens (tertiary/aromatic N) is 3. The molecule has 0 radical (unpaired) electrons. The molecule has 2 amide bonds. The number of likely N-dealkylation sites (N-methyl/N-ethyl adjacent to an activating group) is 1. The van der Waals surface area contributed by atoms with Crippen LogP contribution >= 0.6 is 0 Å². The minimum atomic E-state index is 0.0435. The number of amides is 2. The number of fused-ring (bicyclic) bond motifs is 1. The minimum Gasteiger partial charge on any atom is -0.334 e. The van der Waals surface area contributed by atoms with Gasteiger partial charge in [-0.25, -0.2) is 4.79 Å². The Morgan fingerprint density at radius 1 is 1.17 bits per heavy atom. The van der Waals surface area contributed by atoms with Crippen molar-refractivity contribution in [3.8, 4) is 0 Å². The molecule has 1 aliphatic heterocycles. The summed E-state index contributed by atoms with van der Waals surface area (Å²) < 4.78 is 0. The Balaban J connectivity index is 1.95. The lowest BCUT2D eigenvalue weighted by Gasteiger charge is -2.47. The summed E-state index contributed by atoms with van der Waals surface area (Å²) in [4.78, 5) is 31.9. The third-order valence-electron chi connectivity index (χ3n) is 6.73. The number of hydrogen-bond acceptors (Lipinski definition) is 4. The highest BCUT2D eigenvalue weighted by Gasteiger charge is 2.39. The van der Waals surface area contributed by atoms with Crippen LogP contribution in [0, 0.1) is 5.92 Å². The lowest BCUT2D eigenvalue weighted by atomic mass is 9.76. The van der Waals surface area contributed by atoms with Gasteiger partial charge in [0.1, 0.15) is 5.78 Å². The molecule has 1 aliphatic carbocycles. The van der Waals surface area contributed by atoms with Crippen LogP contribution in [0.5, 0.6) is 0 Å². The van der Waals surface area contributed by atoms with Gasteiger partial charge < -0.3 is 10.2 Å². The molecule has 0 bridgehead atoms. The third-order valence-corrected chi connectivity index (χ3v) is 6.73. The molecule has 29 heavy (non-hydrogen) atoms. The average Bonchev–Trinajstić information content (AvgIpc) is 2.64. The van der Waals surface area contributed by atoms with E-state index in [4.69, 9.17) is 0 Å². The van der Waals surface area contributed by atoms with Crippen LogP contribution in [0.1, 0.15) is 73.6 Å². The van der Waals surface area contributed by atoms with Crippen molar-refractivity contribution in [1.82, 2.24) is 20.0 Å². The van der Waals surface area contributed by atoms with Crippen LogP contribution in [-0.2, 0) is 4.79 Å². The number of piperidine rings is 1. The zero-order valence-electron chi connectivity index (χ0n) is 19.6. The molecule has 2 fully saturated rings. The first-order chi connectivity index (χ1) is 13.8. The maximum atomic E-state index is 13.0. The highest BCUT2D eigenvalue weighted by Crippen LogP contribution is 2.34. The zero-order valence-corrected chi connectivity index (χ0v) is 19.6. The molecule has 1 unspecified atom stereocenters. The predicted octanol–water partition coefficient (Wildman–Crippen LogP) is 3.36. The fraction of sp³-hybridized carbons (Fsp3) is 0.913. The fourth-order valence-corrected chi connectivity index (χ4v) is 5.32. The summed E-state index contributed by atoms with van der Waals surface area (Å²) >= 11 is 0. The SMILES string of the molecule is CCCN1C[C@@H](NC(=O)N(CC)CCN(C(C)C)C(C)C)CC2CC(=O)CC[C@H]21. The van der Waals surface area contributed by atoms with E-state index in [0.29, 0.717) is 42.8 Å². The highest BCUT2D eigenvalue weighted by molar-refractivity contribution is 5.79. The Hall–Kier alpha value is -1.14. The predicted molar refractivity (Wildman–Crippen MR) is 119 cm³/mol. The van der Waals surface area contributed by atoms with E-state index in [2.05, 4.69) is 56.7 Å². The number of rotatable bonds is 9. The molecule has 6 heteroatoms. The standard InChI is InChI=1S/C23H44N4O2/c1-7-11-26-16-20(14-19-15-21(28)9-10-22(19)26)24-23(29)25(8-2)12-13-27(17(3)4)18(5)6/h17-20,22H,7-16H2,1-6H3,(H,24,29)/t19?,20-,22+/m0/s1. The maximum absolute atomic E-state index is 13.0. The van der Waals surface area contributed by atoms with Gasteiger partial charge in [0.25, 0.3) is 0 Å². The first-order valence-corrected chi connectivity index (χ1v) is 11.8. The fourth-order valence-electron chi connectivity index (χ4n) is 5.32. The van der Waals surface area contributed by atoms with Gasteiger partial charge in [0.15, 0.2) is 0 Å². The van der Waals surface area contributed by atoms with Crippen molar-refractivity contribution in [2.24, 2.45) is 5.92 Å². The van der Waals surface area contributed by atoms with Crippen molar-refractivity contribution in [1.29, 1.82) is 0 Å². The van der Waals surface area contributed by atoms with Crippen LogP contribution in [0.3, 0.4) is 0 Å². The highest BCUT2D eigenvalue weighted by atomic mass is 16.2. The number of nitrogens with one attached hydrogen (secondary N) is 1. The van der Waals surface area contributed by atoms with Crippen molar-refractivity contribution in [3.05, 3.63) is 0 Å². The van der Waals surface area contributed by atoms with Crippen LogP contribution in [0.15, 0.2) is 0 Å². The van der Waals surface area contributed by atoms with Crippen LogP contribution in [-0.4, -0.2) is 83.4 Å². The third kappa shape index (κ3) is 6.68. The monoisotopic (exact) mass is 408 g/mol. The molecule has 0 aromatic carbocycles. The molecule has 1 saturated carbocycles. The topological polar surface area (TPSA) is 55.9 Å². The van der Waals surface area contributed by atoms with Gasteiger partial charge in [-0.1, -0.05) is 6.92 Å². The van der Waals surface area contributed by atoms with Gasteiger partial charge in [0.05, 0.1) is 0 Å². The summed E-state index contributed by atoms with van der Waals surface area (Å²) in [6, 6.07) is 1.65. The molecule has 168 valence electrons. The number of carbonyl (C=O) groups is 2. The Morgan fingerprint density at radius 3 is 2.45 bits per heavy atom. The van der Waals surface area contributed by atoms with Crippen molar-refractivity contribution >= 4 is 11.8 Å². The van der Waals surface area contributed by atoms with E-state index in [1.54, 1.807) is 0 Å². The number of carbonyl (C=O) groups excluding carboxylic acids is 2. The van der Waals surface area contributed by atoms with E-state index in [9.17, 15) is 9.59 Å².